The zero-order valence-electron chi connectivity index (χ0n) is 12.1. The van der Waals surface area contributed by atoms with Gasteiger partial charge in [0, 0.05) is 25.2 Å². The van der Waals surface area contributed by atoms with Crippen molar-refractivity contribution in [2.75, 3.05) is 11.9 Å². The maximum atomic E-state index is 12.5. The predicted octanol–water partition coefficient (Wildman–Crippen LogP) is 2.54. The van der Waals surface area contributed by atoms with Gasteiger partial charge in [0.05, 0.1) is 17.0 Å². The largest absolute Gasteiger partial charge is 0.481 e. The summed E-state index contributed by atoms with van der Waals surface area (Å²) in [6.45, 7) is 1.64. The molecule has 0 saturated carbocycles. The Morgan fingerprint density at radius 1 is 1.43 bits per heavy atom. The Morgan fingerprint density at radius 3 is 2.61 bits per heavy atom. The highest BCUT2D eigenvalue weighted by Gasteiger charge is 2.31. The monoisotopic (exact) mass is 353 g/mol. The highest BCUT2D eigenvalue weighted by atomic mass is 35.5. The average Bonchev–Trinajstić information content (AvgIpc) is 2.38. The number of aromatic nitrogens is 1. The second-order valence-electron chi connectivity index (χ2n) is 4.80. The van der Waals surface area contributed by atoms with Crippen LogP contribution in [0, 0.1) is 0 Å². The summed E-state index contributed by atoms with van der Waals surface area (Å²) in [5.74, 6) is -1.39. The number of anilines is 1. The van der Waals surface area contributed by atoms with Crippen molar-refractivity contribution in [3.8, 4) is 0 Å². The minimum atomic E-state index is -4.53. The van der Waals surface area contributed by atoms with Crippen LogP contribution in [-0.4, -0.2) is 34.6 Å². The van der Waals surface area contributed by atoms with Crippen molar-refractivity contribution in [2.24, 2.45) is 0 Å². The second-order valence-corrected chi connectivity index (χ2v) is 5.20. The van der Waals surface area contributed by atoms with Crippen LogP contribution in [0.15, 0.2) is 12.3 Å². The van der Waals surface area contributed by atoms with E-state index < -0.39 is 29.7 Å². The Bertz CT molecular complexity index is 581. The average molecular weight is 354 g/mol. The number of hydrogen-bond acceptors (Lipinski definition) is 4. The first-order chi connectivity index (χ1) is 10.6. The highest BCUT2D eigenvalue weighted by Crippen LogP contribution is 2.32. The van der Waals surface area contributed by atoms with Crippen molar-refractivity contribution in [2.45, 2.75) is 32.0 Å². The summed E-state index contributed by atoms with van der Waals surface area (Å²) < 4.78 is 37.4. The number of carbonyl (C=O) groups is 2. The lowest BCUT2D eigenvalue weighted by atomic mass is 10.2. The van der Waals surface area contributed by atoms with Crippen molar-refractivity contribution >= 4 is 29.3 Å². The van der Waals surface area contributed by atoms with E-state index in [-0.39, 0.29) is 30.2 Å². The first-order valence-corrected chi connectivity index (χ1v) is 6.95. The third-order valence-corrected chi connectivity index (χ3v) is 2.99. The molecule has 0 aromatic carbocycles. The molecule has 0 aliphatic heterocycles. The number of carboxylic acids is 1. The number of rotatable bonds is 7. The van der Waals surface area contributed by atoms with Gasteiger partial charge in [0.1, 0.15) is 5.82 Å². The van der Waals surface area contributed by atoms with Gasteiger partial charge in [-0.2, -0.15) is 13.2 Å². The Balaban J connectivity index is 2.47. The lowest BCUT2D eigenvalue weighted by Crippen LogP contribution is -2.35. The van der Waals surface area contributed by atoms with Gasteiger partial charge in [-0.15, -0.1) is 0 Å². The van der Waals surface area contributed by atoms with Gasteiger partial charge in [-0.3, -0.25) is 9.59 Å². The molecule has 6 nitrogen and oxygen atoms in total. The van der Waals surface area contributed by atoms with Crippen LogP contribution in [0.4, 0.5) is 19.0 Å². The van der Waals surface area contributed by atoms with Crippen LogP contribution in [0.3, 0.4) is 0 Å². The van der Waals surface area contributed by atoms with Gasteiger partial charge in [0.2, 0.25) is 5.91 Å². The maximum absolute atomic E-state index is 12.5. The van der Waals surface area contributed by atoms with E-state index in [0.29, 0.717) is 6.20 Å². The van der Waals surface area contributed by atoms with Crippen molar-refractivity contribution in [3.63, 3.8) is 0 Å². The van der Waals surface area contributed by atoms with Crippen LogP contribution in [0.5, 0.6) is 0 Å². The molecule has 0 fully saturated rings. The normalized spacial score (nSPS) is 12.6. The molecule has 0 radical (unpaired) electrons. The molecule has 10 heteroatoms. The minimum absolute atomic E-state index is 0.0109. The molecule has 1 atom stereocenters. The number of alkyl halides is 3. The number of halogens is 4. The van der Waals surface area contributed by atoms with Crippen molar-refractivity contribution in [1.82, 2.24) is 10.3 Å². The summed E-state index contributed by atoms with van der Waals surface area (Å²) in [6.07, 6.45) is -4.10. The number of hydrogen-bond donors (Lipinski definition) is 3. The fourth-order valence-electron chi connectivity index (χ4n) is 1.68. The molecule has 1 aromatic heterocycles. The van der Waals surface area contributed by atoms with Crippen molar-refractivity contribution in [1.29, 1.82) is 0 Å². The molecule has 23 heavy (non-hydrogen) atoms. The fourth-order valence-corrected chi connectivity index (χ4v) is 1.91. The van der Waals surface area contributed by atoms with Crippen molar-refractivity contribution < 1.29 is 27.9 Å². The van der Waals surface area contributed by atoms with Gasteiger partial charge in [0.15, 0.2) is 0 Å². The summed E-state index contributed by atoms with van der Waals surface area (Å²) in [4.78, 5) is 25.6. The molecule has 1 heterocycles. The van der Waals surface area contributed by atoms with E-state index in [0.717, 1.165) is 6.07 Å². The van der Waals surface area contributed by atoms with E-state index in [4.69, 9.17) is 16.7 Å². The fraction of sp³-hybridized carbons (Fsp3) is 0.462. The summed E-state index contributed by atoms with van der Waals surface area (Å²) in [7, 11) is 0. The van der Waals surface area contributed by atoms with Crippen LogP contribution in [-0.2, 0) is 15.8 Å². The Labute approximate surface area is 135 Å². The molecule has 0 aliphatic carbocycles. The summed E-state index contributed by atoms with van der Waals surface area (Å²) in [6, 6.07) is 0.221. The molecule has 128 valence electrons. The Morgan fingerprint density at radius 2 is 2.09 bits per heavy atom. The number of nitrogens with one attached hydrogen (secondary N) is 2. The zero-order chi connectivity index (χ0) is 17.6. The molecule has 0 aliphatic rings. The molecule has 0 spiro atoms. The molecule has 1 rings (SSSR count). The van der Waals surface area contributed by atoms with E-state index in [2.05, 4.69) is 15.6 Å². The van der Waals surface area contributed by atoms with Crippen molar-refractivity contribution in [3.05, 3.63) is 22.8 Å². The van der Waals surface area contributed by atoms with Crippen LogP contribution in [0.1, 0.15) is 25.3 Å². The number of nitrogens with zero attached hydrogens (tertiary/aromatic N) is 1. The third kappa shape index (κ3) is 6.72. The molecular formula is C13H15ClF3N3O3. The van der Waals surface area contributed by atoms with Gasteiger partial charge < -0.3 is 15.7 Å². The topological polar surface area (TPSA) is 91.3 Å². The van der Waals surface area contributed by atoms with Gasteiger partial charge >= 0.3 is 12.1 Å². The predicted molar refractivity (Wildman–Crippen MR) is 77.2 cm³/mol. The third-order valence-electron chi connectivity index (χ3n) is 2.70. The van der Waals surface area contributed by atoms with Gasteiger partial charge in [-0.05, 0) is 13.0 Å². The van der Waals surface area contributed by atoms with Crippen LogP contribution in [0.2, 0.25) is 5.02 Å². The molecule has 1 amide bonds. The quantitative estimate of drug-likeness (QED) is 0.700. The standard InChI is InChI=1S/C13H15ClF3N3O3/c1-7(4-11(22)23)20-10(21)2-3-18-12-9(14)5-8(6-19-12)13(15,16)17/h5-7H,2-4H2,1H3,(H,18,19)(H,20,21)(H,22,23). The van der Waals surface area contributed by atoms with Gasteiger partial charge in [0.25, 0.3) is 0 Å². The molecule has 0 bridgehead atoms. The van der Waals surface area contributed by atoms with Crippen LogP contribution >= 0.6 is 11.6 Å². The first kappa shape index (κ1) is 19.0. The SMILES string of the molecule is CC(CC(=O)O)NC(=O)CCNc1ncc(C(F)(F)F)cc1Cl. The number of pyridine rings is 1. The van der Waals surface area contributed by atoms with E-state index in [9.17, 15) is 22.8 Å². The maximum Gasteiger partial charge on any atom is 0.417 e. The van der Waals surface area contributed by atoms with E-state index >= 15 is 0 Å². The molecule has 3 N–H and O–H groups in total. The summed E-state index contributed by atoms with van der Waals surface area (Å²) in [5, 5.41) is 13.5. The Kier molecular flexibility index (Phi) is 6.62. The first-order valence-electron chi connectivity index (χ1n) is 6.57. The second kappa shape index (κ2) is 8.00. The van der Waals surface area contributed by atoms with E-state index in [1.54, 1.807) is 6.92 Å². The molecular weight excluding hydrogens is 339 g/mol. The van der Waals surface area contributed by atoms with E-state index in [1.165, 1.54) is 0 Å². The number of carbonyl (C=O) groups excluding carboxylic acids is 1. The molecule has 1 aromatic rings. The molecule has 0 saturated heterocycles. The highest BCUT2D eigenvalue weighted by molar-refractivity contribution is 6.32. The lowest BCUT2D eigenvalue weighted by Gasteiger charge is -2.13. The lowest BCUT2D eigenvalue weighted by molar-refractivity contribution is -0.138. The van der Waals surface area contributed by atoms with Gasteiger partial charge in [-0.1, -0.05) is 11.6 Å². The minimum Gasteiger partial charge on any atom is -0.481 e. The van der Waals surface area contributed by atoms with Gasteiger partial charge in [-0.25, -0.2) is 4.98 Å². The number of aliphatic carboxylic acids is 1. The van der Waals surface area contributed by atoms with Crippen LogP contribution in [0.25, 0.3) is 0 Å². The number of amides is 1. The molecule has 1 unspecified atom stereocenters. The smallest absolute Gasteiger partial charge is 0.417 e. The zero-order valence-corrected chi connectivity index (χ0v) is 12.8. The Hall–Kier alpha value is -2.03. The van der Waals surface area contributed by atoms with E-state index in [1.807, 2.05) is 0 Å². The number of carboxylic acid groups (broad SMARTS) is 1. The summed E-state index contributed by atoms with van der Waals surface area (Å²) >= 11 is 5.70. The summed E-state index contributed by atoms with van der Waals surface area (Å²) in [5.41, 5.74) is -0.965. The van der Waals surface area contributed by atoms with Crippen LogP contribution < -0.4 is 10.6 Å².